The van der Waals surface area contributed by atoms with E-state index in [0.717, 1.165) is 11.3 Å². The van der Waals surface area contributed by atoms with Crippen molar-refractivity contribution in [2.24, 2.45) is 0 Å². The van der Waals surface area contributed by atoms with Crippen molar-refractivity contribution < 1.29 is 0 Å². The molecule has 13 heavy (non-hydrogen) atoms. The van der Waals surface area contributed by atoms with Gasteiger partial charge in [-0.1, -0.05) is 12.2 Å². The standard InChI is InChI=1S/C9H8N2S2/c1-6-4-7(5-13-6)8-2-3-9(12)11-10-8/h2-5H,1H3,(H,11,12). The zero-order chi connectivity index (χ0) is 9.26. The molecule has 0 saturated heterocycles. The largest absolute Gasteiger partial charge is 0.267 e. The molecule has 2 aromatic heterocycles. The van der Waals surface area contributed by atoms with Gasteiger partial charge in [0.2, 0.25) is 0 Å². The van der Waals surface area contributed by atoms with Crippen LogP contribution in [0.4, 0.5) is 0 Å². The highest BCUT2D eigenvalue weighted by Crippen LogP contribution is 2.22. The first-order chi connectivity index (χ1) is 6.25. The molecule has 2 rings (SSSR count). The second kappa shape index (κ2) is 3.40. The molecule has 2 nitrogen and oxygen atoms in total. The molecular formula is C9H8N2S2. The van der Waals surface area contributed by atoms with Crippen molar-refractivity contribution in [1.82, 2.24) is 10.2 Å². The molecule has 2 aromatic rings. The molecule has 0 fully saturated rings. The van der Waals surface area contributed by atoms with Crippen LogP contribution >= 0.6 is 23.6 Å². The Kier molecular flexibility index (Phi) is 2.24. The van der Waals surface area contributed by atoms with Gasteiger partial charge in [0.1, 0.15) is 4.64 Å². The SMILES string of the molecule is Cc1cc(-c2ccc(=S)[nH]n2)cs1. The zero-order valence-corrected chi connectivity index (χ0v) is 8.71. The van der Waals surface area contributed by atoms with Crippen LogP contribution < -0.4 is 0 Å². The van der Waals surface area contributed by atoms with Crippen LogP contribution in [0.5, 0.6) is 0 Å². The molecule has 0 atom stereocenters. The van der Waals surface area contributed by atoms with E-state index in [1.165, 1.54) is 4.88 Å². The molecule has 1 N–H and O–H groups in total. The summed E-state index contributed by atoms with van der Waals surface area (Å²) in [7, 11) is 0. The third-order valence-corrected chi connectivity index (χ3v) is 2.79. The van der Waals surface area contributed by atoms with Crippen LogP contribution in [0.25, 0.3) is 11.3 Å². The van der Waals surface area contributed by atoms with E-state index in [1.54, 1.807) is 11.3 Å². The lowest BCUT2D eigenvalue weighted by molar-refractivity contribution is 1.02. The first-order valence-corrected chi connectivity index (χ1v) is 5.16. The molecular weight excluding hydrogens is 200 g/mol. The monoisotopic (exact) mass is 208 g/mol. The first kappa shape index (κ1) is 8.59. The van der Waals surface area contributed by atoms with Crippen molar-refractivity contribution in [3.63, 3.8) is 0 Å². The van der Waals surface area contributed by atoms with Crippen LogP contribution in [-0.4, -0.2) is 10.2 Å². The predicted molar refractivity (Wildman–Crippen MR) is 57.5 cm³/mol. The van der Waals surface area contributed by atoms with Crippen molar-refractivity contribution >= 4 is 23.6 Å². The molecule has 0 spiro atoms. The number of H-pyrrole nitrogens is 1. The van der Waals surface area contributed by atoms with Gasteiger partial charge in [0, 0.05) is 15.8 Å². The highest BCUT2D eigenvalue weighted by atomic mass is 32.1. The Bertz CT molecular complexity index is 450. The Labute approximate surface area is 85.3 Å². The number of aryl methyl sites for hydroxylation is 1. The van der Waals surface area contributed by atoms with Gasteiger partial charge in [0.15, 0.2) is 0 Å². The van der Waals surface area contributed by atoms with E-state index >= 15 is 0 Å². The van der Waals surface area contributed by atoms with Gasteiger partial charge in [0.05, 0.1) is 5.69 Å². The number of hydrogen-bond donors (Lipinski definition) is 1. The van der Waals surface area contributed by atoms with Gasteiger partial charge in [-0.15, -0.1) is 11.3 Å². The van der Waals surface area contributed by atoms with Gasteiger partial charge >= 0.3 is 0 Å². The Morgan fingerprint density at radius 1 is 1.46 bits per heavy atom. The van der Waals surface area contributed by atoms with Gasteiger partial charge in [-0.25, -0.2) is 0 Å². The molecule has 0 amide bonds. The molecule has 2 heterocycles. The van der Waals surface area contributed by atoms with Crippen molar-refractivity contribution in [2.45, 2.75) is 6.92 Å². The molecule has 0 aliphatic heterocycles. The summed E-state index contributed by atoms with van der Waals surface area (Å²) >= 11 is 6.63. The summed E-state index contributed by atoms with van der Waals surface area (Å²) in [4.78, 5) is 1.29. The highest BCUT2D eigenvalue weighted by Gasteiger charge is 1.99. The average Bonchev–Trinajstić information content (AvgIpc) is 2.53. The zero-order valence-electron chi connectivity index (χ0n) is 7.07. The maximum absolute atomic E-state index is 4.91. The number of rotatable bonds is 1. The second-order valence-electron chi connectivity index (χ2n) is 2.75. The number of aromatic amines is 1. The quantitative estimate of drug-likeness (QED) is 0.729. The first-order valence-electron chi connectivity index (χ1n) is 3.87. The maximum atomic E-state index is 4.91. The fourth-order valence-electron chi connectivity index (χ4n) is 1.08. The van der Waals surface area contributed by atoms with Gasteiger partial charge < -0.3 is 0 Å². The van der Waals surface area contributed by atoms with Crippen molar-refractivity contribution in [2.75, 3.05) is 0 Å². The van der Waals surface area contributed by atoms with Crippen LogP contribution in [0.2, 0.25) is 0 Å². The third-order valence-electron chi connectivity index (χ3n) is 1.71. The molecule has 4 heteroatoms. The minimum Gasteiger partial charge on any atom is -0.267 e. The summed E-state index contributed by atoms with van der Waals surface area (Å²) in [5.74, 6) is 0. The molecule has 66 valence electrons. The molecule has 0 aliphatic carbocycles. The number of thiophene rings is 1. The molecule has 0 aliphatic rings. The van der Waals surface area contributed by atoms with Crippen LogP contribution in [0.3, 0.4) is 0 Å². The lowest BCUT2D eigenvalue weighted by atomic mass is 10.2. The minimum absolute atomic E-state index is 0.663. The van der Waals surface area contributed by atoms with E-state index in [2.05, 4.69) is 28.6 Å². The lowest BCUT2D eigenvalue weighted by Gasteiger charge is -1.93. The summed E-state index contributed by atoms with van der Waals surface area (Å²) < 4.78 is 0.663. The normalized spacial score (nSPS) is 10.2. The summed E-state index contributed by atoms with van der Waals surface area (Å²) in [5, 5.41) is 9.01. The summed E-state index contributed by atoms with van der Waals surface area (Å²) in [6, 6.07) is 5.90. The Balaban J connectivity index is 2.47. The minimum atomic E-state index is 0.663. The topological polar surface area (TPSA) is 28.7 Å². The van der Waals surface area contributed by atoms with E-state index in [1.807, 2.05) is 12.1 Å². The molecule has 0 aromatic carbocycles. The van der Waals surface area contributed by atoms with E-state index in [-0.39, 0.29) is 0 Å². The molecule has 0 unspecified atom stereocenters. The highest BCUT2D eigenvalue weighted by molar-refractivity contribution is 7.71. The summed E-state index contributed by atoms with van der Waals surface area (Å²) in [6.45, 7) is 2.08. The fourth-order valence-corrected chi connectivity index (χ4v) is 1.89. The third kappa shape index (κ3) is 1.84. The van der Waals surface area contributed by atoms with Gasteiger partial charge in [-0.05, 0) is 25.1 Å². The van der Waals surface area contributed by atoms with E-state index < -0.39 is 0 Å². The van der Waals surface area contributed by atoms with Gasteiger partial charge in [0.25, 0.3) is 0 Å². The fraction of sp³-hybridized carbons (Fsp3) is 0.111. The summed E-state index contributed by atoms with van der Waals surface area (Å²) in [6.07, 6.45) is 0. The lowest BCUT2D eigenvalue weighted by Crippen LogP contribution is -1.84. The number of aromatic nitrogens is 2. The molecule has 0 bridgehead atoms. The maximum Gasteiger partial charge on any atom is 0.119 e. The summed E-state index contributed by atoms with van der Waals surface area (Å²) in [5.41, 5.74) is 2.09. The van der Waals surface area contributed by atoms with Gasteiger partial charge in [-0.3, -0.25) is 5.10 Å². The van der Waals surface area contributed by atoms with Crippen LogP contribution in [-0.2, 0) is 0 Å². The van der Waals surface area contributed by atoms with Crippen molar-refractivity contribution in [3.8, 4) is 11.3 Å². The van der Waals surface area contributed by atoms with E-state index in [4.69, 9.17) is 12.2 Å². The Morgan fingerprint density at radius 3 is 2.85 bits per heavy atom. The molecule has 0 radical (unpaired) electrons. The van der Waals surface area contributed by atoms with E-state index in [0.29, 0.717) is 4.64 Å². The van der Waals surface area contributed by atoms with Crippen LogP contribution in [0.1, 0.15) is 4.88 Å². The Hall–Kier alpha value is -1.00. The number of hydrogen-bond acceptors (Lipinski definition) is 3. The van der Waals surface area contributed by atoms with Crippen LogP contribution in [0, 0.1) is 11.6 Å². The van der Waals surface area contributed by atoms with Crippen molar-refractivity contribution in [3.05, 3.63) is 33.1 Å². The average molecular weight is 208 g/mol. The predicted octanol–water partition coefficient (Wildman–Crippen LogP) is 3.18. The second-order valence-corrected chi connectivity index (χ2v) is 4.31. The number of nitrogens with one attached hydrogen (secondary N) is 1. The van der Waals surface area contributed by atoms with Gasteiger partial charge in [-0.2, -0.15) is 5.10 Å². The van der Waals surface area contributed by atoms with Crippen molar-refractivity contribution in [1.29, 1.82) is 0 Å². The number of nitrogens with zero attached hydrogens (tertiary/aromatic N) is 1. The molecule has 0 saturated carbocycles. The van der Waals surface area contributed by atoms with E-state index in [9.17, 15) is 0 Å². The van der Waals surface area contributed by atoms with Crippen LogP contribution in [0.15, 0.2) is 23.6 Å². The smallest absolute Gasteiger partial charge is 0.119 e. The Morgan fingerprint density at radius 2 is 2.31 bits per heavy atom.